The molecule has 3 amide bonds. The molecule has 1 aromatic carbocycles. The van der Waals surface area contributed by atoms with Gasteiger partial charge in [-0.2, -0.15) is 0 Å². The summed E-state index contributed by atoms with van der Waals surface area (Å²) in [5.74, 6) is -1.07. The number of imide groups is 1. The minimum absolute atomic E-state index is 0.177. The average molecular weight is 275 g/mol. The average Bonchev–Trinajstić information content (AvgIpc) is 2.40. The van der Waals surface area contributed by atoms with Gasteiger partial charge in [0.05, 0.1) is 12.6 Å². The van der Waals surface area contributed by atoms with Crippen LogP contribution in [-0.4, -0.2) is 28.7 Å². The van der Waals surface area contributed by atoms with Gasteiger partial charge >= 0.3 is 0 Å². The number of nitrogens with two attached hydrogens (primary N) is 2. The van der Waals surface area contributed by atoms with E-state index in [1.807, 2.05) is 0 Å². The van der Waals surface area contributed by atoms with E-state index in [-0.39, 0.29) is 24.8 Å². The number of hydrogen-bond acceptors (Lipinski definition) is 4. The second kappa shape index (κ2) is 5.42. The monoisotopic (exact) mass is 275 g/mol. The lowest BCUT2D eigenvalue weighted by molar-refractivity contribution is -0.149. The third-order valence-corrected chi connectivity index (χ3v) is 3.51. The highest BCUT2D eigenvalue weighted by molar-refractivity contribution is 6.00. The number of likely N-dealkylation sites (tertiary alicyclic amines) is 1. The number of rotatable bonds is 3. The highest BCUT2D eigenvalue weighted by Crippen LogP contribution is 2.18. The number of amides is 3. The summed E-state index contributed by atoms with van der Waals surface area (Å²) in [7, 11) is 0. The van der Waals surface area contributed by atoms with Crippen LogP contribution < -0.4 is 11.5 Å². The first-order valence-corrected chi connectivity index (χ1v) is 6.39. The van der Waals surface area contributed by atoms with Gasteiger partial charge in [0.15, 0.2) is 0 Å². The molecular weight excluding hydrogens is 258 g/mol. The maximum atomic E-state index is 11.9. The summed E-state index contributed by atoms with van der Waals surface area (Å²) >= 11 is 0. The molecular formula is C14H17N3O3. The summed E-state index contributed by atoms with van der Waals surface area (Å²) in [5.41, 5.74) is 12.9. The molecule has 1 heterocycles. The maximum Gasteiger partial charge on any atom is 0.248 e. The van der Waals surface area contributed by atoms with Crippen LogP contribution in [0.3, 0.4) is 0 Å². The molecule has 0 aromatic heterocycles. The van der Waals surface area contributed by atoms with Crippen molar-refractivity contribution in [1.29, 1.82) is 0 Å². The van der Waals surface area contributed by atoms with Crippen molar-refractivity contribution in [1.82, 2.24) is 4.90 Å². The number of carbonyl (C=O) groups excluding carboxylic acids is 3. The van der Waals surface area contributed by atoms with Crippen molar-refractivity contribution in [2.24, 2.45) is 11.5 Å². The predicted octanol–water partition coefficient (Wildman–Crippen LogP) is 0.0702. The van der Waals surface area contributed by atoms with Crippen molar-refractivity contribution >= 4 is 17.7 Å². The zero-order valence-electron chi connectivity index (χ0n) is 11.3. The fourth-order valence-electron chi connectivity index (χ4n) is 2.22. The highest BCUT2D eigenvalue weighted by atomic mass is 16.2. The van der Waals surface area contributed by atoms with Crippen LogP contribution in [0.5, 0.6) is 0 Å². The van der Waals surface area contributed by atoms with Gasteiger partial charge in [-0.05, 0) is 36.6 Å². The SMILES string of the molecule is Cc1cc(C(N)=O)ccc1CN1C(=O)CCC(N)C1=O. The van der Waals surface area contributed by atoms with Crippen LogP contribution in [0.2, 0.25) is 0 Å². The summed E-state index contributed by atoms with van der Waals surface area (Å²) in [5, 5.41) is 0. The molecule has 0 bridgehead atoms. The van der Waals surface area contributed by atoms with Crippen molar-refractivity contribution < 1.29 is 14.4 Å². The first-order valence-electron chi connectivity index (χ1n) is 6.39. The van der Waals surface area contributed by atoms with Crippen LogP contribution in [0.4, 0.5) is 0 Å². The van der Waals surface area contributed by atoms with E-state index in [2.05, 4.69) is 0 Å². The Morgan fingerprint density at radius 2 is 2.10 bits per heavy atom. The Balaban J connectivity index is 2.23. The largest absolute Gasteiger partial charge is 0.366 e. The predicted molar refractivity (Wildman–Crippen MR) is 72.5 cm³/mol. The third kappa shape index (κ3) is 2.70. The first-order chi connectivity index (χ1) is 9.40. The molecule has 0 aliphatic carbocycles. The second-order valence-corrected chi connectivity index (χ2v) is 4.97. The number of carbonyl (C=O) groups is 3. The summed E-state index contributed by atoms with van der Waals surface area (Å²) in [4.78, 5) is 36.0. The van der Waals surface area contributed by atoms with Gasteiger partial charge in [-0.25, -0.2) is 0 Å². The van der Waals surface area contributed by atoms with Gasteiger partial charge in [-0.3, -0.25) is 19.3 Å². The van der Waals surface area contributed by atoms with E-state index in [1.54, 1.807) is 25.1 Å². The molecule has 0 spiro atoms. The highest BCUT2D eigenvalue weighted by Gasteiger charge is 2.32. The molecule has 2 rings (SSSR count). The van der Waals surface area contributed by atoms with Crippen molar-refractivity contribution in [3.05, 3.63) is 34.9 Å². The van der Waals surface area contributed by atoms with Crippen LogP contribution in [-0.2, 0) is 16.1 Å². The zero-order chi connectivity index (χ0) is 14.9. The normalized spacial score (nSPS) is 19.3. The number of hydrogen-bond donors (Lipinski definition) is 2. The van der Waals surface area contributed by atoms with Crippen molar-refractivity contribution in [2.45, 2.75) is 32.4 Å². The van der Waals surface area contributed by atoms with Gasteiger partial charge in [0.1, 0.15) is 0 Å². The quantitative estimate of drug-likeness (QED) is 0.761. The molecule has 0 radical (unpaired) electrons. The van der Waals surface area contributed by atoms with E-state index < -0.39 is 11.9 Å². The van der Waals surface area contributed by atoms with Gasteiger partial charge in [0, 0.05) is 12.0 Å². The molecule has 1 aliphatic heterocycles. The molecule has 1 aromatic rings. The summed E-state index contributed by atoms with van der Waals surface area (Å²) < 4.78 is 0. The third-order valence-electron chi connectivity index (χ3n) is 3.51. The van der Waals surface area contributed by atoms with E-state index in [0.717, 1.165) is 11.1 Å². The molecule has 106 valence electrons. The number of benzene rings is 1. The lowest BCUT2D eigenvalue weighted by atomic mass is 10.0. The van der Waals surface area contributed by atoms with Gasteiger partial charge in [0.2, 0.25) is 17.7 Å². The van der Waals surface area contributed by atoms with Crippen molar-refractivity contribution in [3.8, 4) is 0 Å². The van der Waals surface area contributed by atoms with E-state index >= 15 is 0 Å². The van der Waals surface area contributed by atoms with Crippen molar-refractivity contribution in [3.63, 3.8) is 0 Å². The Hall–Kier alpha value is -2.21. The fourth-order valence-corrected chi connectivity index (χ4v) is 2.22. The molecule has 6 nitrogen and oxygen atoms in total. The van der Waals surface area contributed by atoms with Crippen molar-refractivity contribution in [2.75, 3.05) is 0 Å². The van der Waals surface area contributed by atoms with E-state index in [0.29, 0.717) is 12.0 Å². The Bertz CT molecular complexity index is 583. The van der Waals surface area contributed by atoms with Gasteiger partial charge in [0.25, 0.3) is 0 Å². The van der Waals surface area contributed by atoms with Crippen LogP contribution >= 0.6 is 0 Å². The Kier molecular flexibility index (Phi) is 3.85. The Morgan fingerprint density at radius 3 is 2.70 bits per heavy atom. The zero-order valence-corrected chi connectivity index (χ0v) is 11.3. The minimum atomic E-state index is -0.613. The molecule has 6 heteroatoms. The van der Waals surface area contributed by atoms with Crippen LogP contribution in [0.25, 0.3) is 0 Å². The molecule has 1 aliphatic rings. The Morgan fingerprint density at radius 1 is 1.40 bits per heavy atom. The molecule has 4 N–H and O–H groups in total. The van der Waals surface area contributed by atoms with E-state index in [1.165, 1.54) is 4.90 Å². The first kappa shape index (κ1) is 14.2. The number of primary amides is 1. The number of nitrogens with zero attached hydrogens (tertiary/aromatic N) is 1. The standard InChI is InChI=1S/C14H17N3O3/c1-8-6-9(13(16)19)2-3-10(8)7-17-12(18)5-4-11(15)14(17)20/h2-3,6,11H,4-5,7,15H2,1H3,(H2,16,19). The second-order valence-electron chi connectivity index (χ2n) is 4.97. The van der Waals surface area contributed by atoms with Gasteiger partial charge in [-0.15, -0.1) is 0 Å². The summed E-state index contributed by atoms with van der Waals surface area (Å²) in [6, 6.07) is 4.33. The lowest BCUT2D eigenvalue weighted by Gasteiger charge is -2.29. The molecule has 0 saturated carbocycles. The Labute approximate surface area is 116 Å². The number of aryl methyl sites for hydroxylation is 1. The van der Waals surface area contributed by atoms with E-state index in [9.17, 15) is 14.4 Å². The van der Waals surface area contributed by atoms with Crippen LogP contribution in [0.1, 0.15) is 34.3 Å². The molecule has 1 unspecified atom stereocenters. The fraction of sp³-hybridized carbons (Fsp3) is 0.357. The van der Waals surface area contributed by atoms with Crippen LogP contribution in [0, 0.1) is 6.92 Å². The molecule has 1 atom stereocenters. The van der Waals surface area contributed by atoms with Gasteiger partial charge in [-0.1, -0.05) is 6.07 Å². The summed E-state index contributed by atoms with van der Waals surface area (Å²) in [6.45, 7) is 1.98. The molecule has 1 saturated heterocycles. The van der Waals surface area contributed by atoms with E-state index in [4.69, 9.17) is 11.5 Å². The molecule has 1 fully saturated rings. The summed E-state index contributed by atoms with van der Waals surface area (Å²) in [6.07, 6.45) is 0.680. The topological polar surface area (TPSA) is 106 Å². The molecule has 20 heavy (non-hydrogen) atoms. The lowest BCUT2D eigenvalue weighted by Crippen LogP contribution is -2.50. The van der Waals surface area contributed by atoms with Crippen LogP contribution in [0.15, 0.2) is 18.2 Å². The van der Waals surface area contributed by atoms with Gasteiger partial charge < -0.3 is 11.5 Å². The number of piperidine rings is 1. The smallest absolute Gasteiger partial charge is 0.248 e. The minimum Gasteiger partial charge on any atom is -0.366 e. The maximum absolute atomic E-state index is 11.9.